The molecule has 0 aliphatic carbocycles. The van der Waals surface area contributed by atoms with Gasteiger partial charge in [0.1, 0.15) is 5.75 Å². The number of carbonyl (C=O) groups is 1. The lowest BCUT2D eigenvalue weighted by Crippen LogP contribution is -2.50. The molecule has 2 aromatic carbocycles. The Kier molecular flexibility index (Phi) is 6.44. The van der Waals surface area contributed by atoms with Gasteiger partial charge < -0.3 is 9.80 Å². The highest BCUT2D eigenvalue weighted by Crippen LogP contribution is 2.20. The number of halogens is 2. The number of anilines is 1. The summed E-state index contributed by atoms with van der Waals surface area (Å²) in [4.78, 5) is 16.2. The fraction of sp³-hybridized carbons (Fsp3) is 0.316. The lowest BCUT2D eigenvalue weighted by atomic mass is 10.2. The molecule has 5 nitrogen and oxygen atoms in total. The summed E-state index contributed by atoms with van der Waals surface area (Å²) >= 11 is 9.23. The van der Waals surface area contributed by atoms with Gasteiger partial charge in [-0.25, -0.2) is 8.42 Å². The minimum Gasteiger partial charge on any atom is -0.368 e. The number of nitrogens with zero attached hydrogens (tertiary/aromatic N) is 2. The van der Waals surface area contributed by atoms with Gasteiger partial charge in [0.25, 0.3) is 0 Å². The zero-order chi connectivity index (χ0) is 19.4. The van der Waals surface area contributed by atoms with Crippen LogP contribution in [-0.4, -0.2) is 51.2 Å². The Morgan fingerprint density at radius 1 is 0.963 bits per heavy atom. The number of amides is 1. The first-order valence-electron chi connectivity index (χ1n) is 8.55. The molecule has 27 heavy (non-hydrogen) atoms. The zero-order valence-electron chi connectivity index (χ0n) is 14.6. The molecular weight excluding hydrogens is 452 g/mol. The third kappa shape index (κ3) is 5.70. The molecule has 0 N–H and O–H groups in total. The van der Waals surface area contributed by atoms with Crippen LogP contribution in [0.3, 0.4) is 0 Å². The van der Waals surface area contributed by atoms with E-state index in [1.54, 1.807) is 29.2 Å². The van der Waals surface area contributed by atoms with Crippen molar-refractivity contribution in [2.45, 2.75) is 5.75 Å². The second-order valence-electron chi connectivity index (χ2n) is 6.50. The Hall–Kier alpha value is -1.57. The van der Waals surface area contributed by atoms with E-state index in [2.05, 4.69) is 20.8 Å². The van der Waals surface area contributed by atoms with Crippen LogP contribution in [0.25, 0.3) is 0 Å². The van der Waals surface area contributed by atoms with Crippen molar-refractivity contribution in [1.82, 2.24) is 4.90 Å². The number of piperazine rings is 1. The molecule has 2 aromatic rings. The quantitative estimate of drug-likeness (QED) is 0.671. The Bertz CT molecular complexity index is 894. The number of hydrogen-bond acceptors (Lipinski definition) is 4. The predicted octanol–water partition coefficient (Wildman–Crippen LogP) is 3.37. The van der Waals surface area contributed by atoms with Crippen LogP contribution in [-0.2, 0) is 20.4 Å². The molecule has 1 aliphatic heterocycles. The number of hydrogen-bond donors (Lipinski definition) is 0. The van der Waals surface area contributed by atoms with Crippen molar-refractivity contribution < 1.29 is 13.2 Å². The van der Waals surface area contributed by atoms with Crippen molar-refractivity contribution in [3.8, 4) is 0 Å². The maximum atomic E-state index is 12.4. The highest BCUT2D eigenvalue weighted by molar-refractivity contribution is 9.10. The summed E-state index contributed by atoms with van der Waals surface area (Å²) < 4.78 is 25.6. The summed E-state index contributed by atoms with van der Waals surface area (Å²) in [6, 6.07) is 14.6. The number of benzene rings is 2. The van der Waals surface area contributed by atoms with Crippen molar-refractivity contribution >= 4 is 49.0 Å². The first kappa shape index (κ1) is 20.2. The summed E-state index contributed by atoms with van der Waals surface area (Å²) in [5.41, 5.74) is 1.73. The van der Waals surface area contributed by atoms with Gasteiger partial charge >= 0.3 is 0 Å². The number of sulfone groups is 1. The van der Waals surface area contributed by atoms with Gasteiger partial charge in [0.05, 0.1) is 5.75 Å². The van der Waals surface area contributed by atoms with Crippen LogP contribution in [0, 0.1) is 0 Å². The lowest BCUT2D eigenvalue weighted by molar-refractivity contribution is -0.128. The Labute approximate surface area is 173 Å². The molecule has 3 rings (SSSR count). The Morgan fingerprint density at radius 2 is 1.56 bits per heavy atom. The first-order valence-corrected chi connectivity index (χ1v) is 11.5. The van der Waals surface area contributed by atoms with Gasteiger partial charge in [-0.2, -0.15) is 0 Å². The van der Waals surface area contributed by atoms with E-state index in [9.17, 15) is 13.2 Å². The molecule has 1 heterocycles. The summed E-state index contributed by atoms with van der Waals surface area (Å²) in [5.74, 6) is -0.913. The highest BCUT2D eigenvalue weighted by atomic mass is 79.9. The standard InChI is InChI=1S/C19H20BrClN2O3S/c20-16-3-1-15(2-4-16)13-27(25,26)14-19(24)23-11-9-22(10-12-23)18-7-5-17(21)6-8-18/h1-8H,9-14H2. The molecule has 0 radical (unpaired) electrons. The van der Waals surface area contributed by atoms with Crippen molar-refractivity contribution in [2.24, 2.45) is 0 Å². The van der Waals surface area contributed by atoms with E-state index in [1.807, 2.05) is 24.3 Å². The second kappa shape index (κ2) is 8.63. The maximum absolute atomic E-state index is 12.4. The topological polar surface area (TPSA) is 57.7 Å². The van der Waals surface area contributed by atoms with Gasteiger partial charge in [0.15, 0.2) is 9.84 Å². The summed E-state index contributed by atoms with van der Waals surface area (Å²) in [7, 11) is -3.50. The molecule has 1 saturated heterocycles. The average Bonchev–Trinajstić information content (AvgIpc) is 2.64. The third-order valence-electron chi connectivity index (χ3n) is 4.47. The van der Waals surface area contributed by atoms with E-state index in [4.69, 9.17) is 11.6 Å². The summed E-state index contributed by atoms with van der Waals surface area (Å²) in [6.45, 7) is 2.35. The van der Waals surface area contributed by atoms with E-state index in [1.165, 1.54) is 0 Å². The lowest BCUT2D eigenvalue weighted by Gasteiger charge is -2.36. The largest absolute Gasteiger partial charge is 0.368 e. The first-order chi connectivity index (χ1) is 12.8. The predicted molar refractivity (Wildman–Crippen MR) is 112 cm³/mol. The SMILES string of the molecule is O=C(CS(=O)(=O)Cc1ccc(Br)cc1)N1CCN(c2ccc(Cl)cc2)CC1. The van der Waals surface area contributed by atoms with Crippen LogP contribution in [0.5, 0.6) is 0 Å². The molecule has 8 heteroatoms. The van der Waals surface area contributed by atoms with Crippen molar-refractivity contribution in [3.63, 3.8) is 0 Å². The fourth-order valence-corrected chi connectivity index (χ4v) is 4.78. The molecule has 0 aromatic heterocycles. The van der Waals surface area contributed by atoms with E-state index >= 15 is 0 Å². The smallest absolute Gasteiger partial charge is 0.237 e. The molecule has 0 spiro atoms. The molecule has 0 saturated carbocycles. The third-order valence-corrected chi connectivity index (χ3v) is 6.71. The van der Waals surface area contributed by atoms with Crippen molar-refractivity contribution in [3.05, 3.63) is 63.6 Å². The number of rotatable bonds is 5. The van der Waals surface area contributed by atoms with Crippen LogP contribution in [0.4, 0.5) is 5.69 Å². The molecule has 0 atom stereocenters. The van der Waals surface area contributed by atoms with E-state index in [0.29, 0.717) is 36.8 Å². The molecule has 1 aliphatic rings. The fourth-order valence-electron chi connectivity index (χ4n) is 3.03. The molecule has 0 unspecified atom stereocenters. The average molecular weight is 472 g/mol. The van der Waals surface area contributed by atoms with Crippen LogP contribution in [0.2, 0.25) is 5.02 Å². The second-order valence-corrected chi connectivity index (χ2v) is 9.92. The minimum atomic E-state index is -3.50. The van der Waals surface area contributed by atoms with Crippen LogP contribution in [0.1, 0.15) is 5.56 Å². The Balaban J connectivity index is 1.54. The monoisotopic (exact) mass is 470 g/mol. The minimum absolute atomic E-state index is 0.128. The van der Waals surface area contributed by atoms with Crippen LogP contribution < -0.4 is 4.90 Å². The van der Waals surface area contributed by atoms with Gasteiger partial charge in [-0.3, -0.25) is 4.79 Å². The van der Waals surface area contributed by atoms with Gasteiger partial charge in [0, 0.05) is 41.4 Å². The molecule has 1 amide bonds. The van der Waals surface area contributed by atoms with Gasteiger partial charge in [-0.15, -0.1) is 0 Å². The van der Waals surface area contributed by atoms with E-state index in [-0.39, 0.29) is 11.7 Å². The van der Waals surface area contributed by atoms with E-state index < -0.39 is 15.6 Å². The van der Waals surface area contributed by atoms with Crippen LogP contribution >= 0.6 is 27.5 Å². The molecule has 0 bridgehead atoms. The Morgan fingerprint density at radius 3 is 2.15 bits per heavy atom. The molecule has 1 fully saturated rings. The maximum Gasteiger partial charge on any atom is 0.237 e. The summed E-state index contributed by atoms with van der Waals surface area (Å²) in [6.07, 6.45) is 0. The van der Waals surface area contributed by atoms with Crippen molar-refractivity contribution in [1.29, 1.82) is 0 Å². The van der Waals surface area contributed by atoms with Gasteiger partial charge in [-0.05, 0) is 42.0 Å². The van der Waals surface area contributed by atoms with E-state index in [0.717, 1.165) is 10.2 Å². The van der Waals surface area contributed by atoms with Crippen molar-refractivity contribution in [2.75, 3.05) is 36.8 Å². The molecule has 144 valence electrons. The van der Waals surface area contributed by atoms with Crippen LogP contribution in [0.15, 0.2) is 53.0 Å². The summed E-state index contributed by atoms with van der Waals surface area (Å²) in [5, 5.41) is 0.684. The van der Waals surface area contributed by atoms with Gasteiger partial charge in [0.2, 0.25) is 5.91 Å². The zero-order valence-corrected chi connectivity index (χ0v) is 17.8. The number of carbonyl (C=O) groups excluding carboxylic acids is 1. The highest BCUT2D eigenvalue weighted by Gasteiger charge is 2.25. The van der Waals surface area contributed by atoms with Gasteiger partial charge in [-0.1, -0.05) is 39.7 Å². The normalized spacial score (nSPS) is 15.0. The molecular formula is C19H20BrClN2O3S.